The molecule has 0 aliphatic heterocycles. The molecule has 0 saturated heterocycles. The van der Waals surface area contributed by atoms with E-state index in [-0.39, 0.29) is 25.7 Å². The number of phosphoric acid groups is 1. The maximum atomic E-state index is 12.3. The summed E-state index contributed by atoms with van der Waals surface area (Å²) in [4.78, 5) is 0. The zero-order valence-electron chi connectivity index (χ0n) is 17.2. The first kappa shape index (κ1) is 27.5. The molecule has 0 aliphatic rings. The molecule has 0 bridgehead atoms. The van der Waals surface area contributed by atoms with Gasteiger partial charge in [-0.05, 0) is 41.0 Å². The molecule has 0 rings (SSSR count). The maximum Gasteiger partial charge on any atom is 0.501 e. The number of hydrogen-bond donors (Lipinski definition) is 0. The Morgan fingerprint density at radius 1 is 0.852 bits per heavy atom. The Labute approximate surface area is 170 Å². The van der Waals surface area contributed by atoms with E-state index in [1.54, 1.807) is 13.8 Å². The molecule has 0 radical (unpaired) electrons. The summed E-state index contributed by atoms with van der Waals surface area (Å²) in [6.07, 6.45) is 0.261. The summed E-state index contributed by atoms with van der Waals surface area (Å²) in [5.74, 6) is 0.198. The molecule has 11 heteroatoms. The van der Waals surface area contributed by atoms with E-state index in [4.69, 9.17) is 43.2 Å². The molecule has 0 aliphatic carbocycles. The summed E-state index contributed by atoms with van der Waals surface area (Å²) in [6, 6.07) is 0.648. The highest BCUT2D eigenvalue weighted by Crippen LogP contribution is 2.49. The number of ether oxygens (including phenoxy) is 1. The highest BCUT2D eigenvalue weighted by atomic mass is 35.5. The van der Waals surface area contributed by atoms with Crippen molar-refractivity contribution in [3.8, 4) is 0 Å². The number of rotatable bonds is 19. The van der Waals surface area contributed by atoms with Crippen LogP contribution in [0.1, 0.15) is 41.0 Å². The van der Waals surface area contributed by atoms with E-state index >= 15 is 0 Å². The molecule has 0 aromatic carbocycles. The van der Waals surface area contributed by atoms with E-state index in [1.165, 1.54) is 0 Å². The Bertz CT molecular complexity index is 378. The lowest BCUT2D eigenvalue weighted by Gasteiger charge is -2.28. The number of hydrogen-bond acceptors (Lipinski definition) is 8. The van der Waals surface area contributed by atoms with Gasteiger partial charge in [0.05, 0.1) is 31.8 Å². The van der Waals surface area contributed by atoms with Crippen LogP contribution in [0.3, 0.4) is 0 Å². The lowest BCUT2D eigenvalue weighted by molar-refractivity contribution is 0.0146. The fourth-order valence-electron chi connectivity index (χ4n) is 2.28. The standard InChI is InChI=1S/C16H36ClO8PSi/c1-6-20-26(18,21-7-2)22-15-16(14-17)19-12-11-13-27(23-8-3,24-9-4)25-10-5/h16H,6-15H2,1-5H3. The Kier molecular flexibility index (Phi) is 16.6. The number of phosphoric ester groups is 1. The Balaban J connectivity index is 4.46. The van der Waals surface area contributed by atoms with Gasteiger partial charge in [-0.1, -0.05) is 0 Å². The van der Waals surface area contributed by atoms with Crippen molar-refractivity contribution in [3.63, 3.8) is 0 Å². The maximum absolute atomic E-state index is 12.3. The van der Waals surface area contributed by atoms with Gasteiger partial charge in [-0.25, -0.2) is 4.57 Å². The average molecular weight is 451 g/mol. The molecule has 0 heterocycles. The van der Waals surface area contributed by atoms with Crippen LogP contribution in [-0.2, 0) is 36.2 Å². The van der Waals surface area contributed by atoms with Crippen molar-refractivity contribution in [2.75, 3.05) is 52.1 Å². The van der Waals surface area contributed by atoms with Crippen LogP contribution in [0.4, 0.5) is 0 Å². The van der Waals surface area contributed by atoms with Crippen molar-refractivity contribution >= 4 is 28.2 Å². The molecule has 164 valence electrons. The van der Waals surface area contributed by atoms with E-state index in [0.29, 0.717) is 38.9 Å². The predicted octanol–water partition coefficient (Wildman–Crippen LogP) is 4.25. The van der Waals surface area contributed by atoms with Crippen molar-refractivity contribution in [1.82, 2.24) is 0 Å². The molecule has 0 N–H and O–H groups in total. The SMILES string of the molecule is CCO[Si](CCCOC(CCl)COP(=O)(OCC)OCC)(OCC)OCC. The molecule has 0 aromatic rings. The second kappa shape index (κ2) is 16.3. The van der Waals surface area contributed by atoms with E-state index in [9.17, 15) is 4.57 Å². The van der Waals surface area contributed by atoms with Crippen LogP contribution < -0.4 is 0 Å². The Morgan fingerprint density at radius 2 is 1.37 bits per heavy atom. The Morgan fingerprint density at radius 3 is 1.78 bits per heavy atom. The number of alkyl halides is 1. The third-order valence-corrected chi connectivity index (χ3v) is 8.35. The monoisotopic (exact) mass is 450 g/mol. The third kappa shape index (κ3) is 11.9. The lowest BCUT2D eigenvalue weighted by Crippen LogP contribution is -2.46. The molecule has 1 unspecified atom stereocenters. The van der Waals surface area contributed by atoms with Crippen molar-refractivity contribution in [1.29, 1.82) is 0 Å². The Hall–Kier alpha value is 0.457. The van der Waals surface area contributed by atoms with Gasteiger partial charge in [0, 0.05) is 32.5 Å². The smallest absolute Gasteiger partial charge is 0.375 e. The molecule has 0 fully saturated rings. The van der Waals surface area contributed by atoms with Gasteiger partial charge in [0.1, 0.15) is 0 Å². The van der Waals surface area contributed by atoms with Crippen molar-refractivity contribution in [2.45, 2.75) is 53.2 Å². The predicted molar refractivity (Wildman–Crippen MR) is 107 cm³/mol. The average Bonchev–Trinajstić information content (AvgIpc) is 2.62. The molecular weight excluding hydrogens is 415 g/mol. The minimum atomic E-state index is -3.57. The zero-order valence-corrected chi connectivity index (χ0v) is 19.9. The fourth-order valence-corrected chi connectivity index (χ4v) is 6.24. The first-order valence-corrected chi connectivity index (χ1v) is 13.5. The molecule has 27 heavy (non-hydrogen) atoms. The van der Waals surface area contributed by atoms with Crippen LogP contribution >= 0.6 is 19.4 Å². The van der Waals surface area contributed by atoms with Crippen molar-refractivity contribution < 1.29 is 36.2 Å². The van der Waals surface area contributed by atoms with E-state index < -0.39 is 22.7 Å². The van der Waals surface area contributed by atoms with Crippen molar-refractivity contribution in [2.24, 2.45) is 0 Å². The summed E-state index contributed by atoms with van der Waals surface area (Å²) in [5.41, 5.74) is 0. The molecule has 0 amide bonds. The minimum absolute atomic E-state index is 0.0196. The first-order valence-electron chi connectivity index (χ1n) is 9.57. The van der Waals surface area contributed by atoms with Crippen LogP contribution in [0.25, 0.3) is 0 Å². The third-order valence-electron chi connectivity index (χ3n) is 3.24. The highest BCUT2D eigenvalue weighted by Gasteiger charge is 2.39. The topological polar surface area (TPSA) is 81.7 Å². The first-order chi connectivity index (χ1) is 12.9. The summed E-state index contributed by atoms with van der Waals surface area (Å²) >= 11 is 5.93. The van der Waals surface area contributed by atoms with Crippen molar-refractivity contribution in [3.05, 3.63) is 0 Å². The van der Waals surface area contributed by atoms with Gasteiger partial charge in [-0.2, -0.15) is 0 Å². The summed E-state index contributed by atoms with van der Waals surface area (Å²) in [5, 5.41) is 0. The summed E-state index contributed by atoms with van der Waals surface area (Å²) in [6.45, 7) is 11.7. The van der Waals surface area contributed by atoms with E-state index in [0.717, 1.165) is 0 Å². The van der Waals surface area contributed by atoms with E-state index in [1.807, 2.05) is 20.8 Å². The molecule has 1 atom stereocenters. The largest absolute Gasteiger partial charge is 0.501 e. The molecular formula is C16H36ClO8PSi. The fraction of sp³-hybridized carbons (Fsp3) is 1.00. The normalized spacial score (nSPS) is 13.9. The molecule has 0 spiro atoms. The number of halogens is 1. The minimum Gasteiger partial charge on any atom is -0.375 e. The van der Waals surface area contributed by atoms with Gasteiger partial charge in [-0.3, -0.25) is 13.6 Å². The molecule has 0 aromatic heterocycles. The van der Waals surface area contributed by atoms with Gasteiger partial charge in [0.2, 0.25) is 0 Å². The second-order valence-electron chi connectivity index (χ2n) is 5.31. The van der Waals surface area contributed by atoms with E-state index in [2.05, 4.69) is 0 Å². The van der Waals surface area contributed by atoms with Crippen LogP contribution in [0.15, 0.2) is 0 Å². The summed E-state index contributed by atoms with van der Waals surface area (Å²) < 4.78 is 50.9. The molecule has 8 nitrogen and oxygen atoms in total. The van der Waals surface area contributed by atoms with Gasteiger partial charge >= 0.3 is 16.6 Å². The van der Waals surface area contributed by atoms with Crippen LogP contribution in [0, 0.1) is 0 Å². The molecule has 0 saturated carbocycles. The van der Waals surface area contributed by atoms with Crippen LogP contribution in [-0.4, -0.2) is 67.0 Å². The van der Waals surface area contributed by atoms with Gasteiger partial charge in [0.25, 0.3) is 0 Å². The van der Waals surface area contributed by atoms with Gasteiger partial charge in [0.15, 0.2) is 0 Å². The zero-order chi connectivity index (χ0) is 20.6. The second-order valence-corrected chi connectivity index (χ2v) is 10.0. The summed E-state index contributed by atoms with van der Waals surface area (Å²) in [7, 11) is -6.25. The van der Waals surface area contributed by atoms with Crippen LogP contribution in [0.2, 0.25) is 6.04 Å². The van der Waals surface area contributed by atoms with Gasteiger partial charge < -0.3 is 18.0 Å². The lowest BCUT2D eigenvalue weighted by atomic mass is 10.4. The highest BCUT2D eigenvalue weighted by molar-refractivity contribution is 7.48. The quantitative estimate of drug-likeness (QED) is 0.125. The van der Waals surface area contributed by atoms with Crippen LogP contribution in [0.5, 0.6) is 0 Å². The van der Waals surface area contributed by atoms with Gasteiger partial charge in [-0.15, -0.1) is 11.6 Å².